The molecule has 0 aromatic carbocycles. The van der Waals surface area contributed by atoms with Crippen molar-refractivity contribution in [1.82, 2.24) is 9.97 Å². The minimum absolute atomic E-state index is 0.263. The number of carbonyl (C=O) groups excluding carboxylic acids is 1. The van der Waals surface area contributed by atoms with Crippen LogP contribution >= 0.6 is 27.5 Å². The molecule has 0 saturated carbocycles. The maximum Gasteiger partial charge on any atom is 0.258 e. The Morgan fingerprint density at radius 2 is 2.11 bits per heavy atom. The van der Waals surface area contributed by atoms with Crippen LogP contribution in [0, 0.1) is 0 Å². The van der Waals surface area contributed by atoms with Crippen molar-refractivity contribution in [3.63, 3.8) is 0 Å². The summed E-state index contributed by atoms with van der Waals surface area (Å²) in [6.07, 6.45) is 2.96. The third-order valence-electron chi connectivity index (χ3n) is 2.21. The number of hydrogen-bond acceptors (Lipinski definition) is 5. The van der Waals surface area contributed by atoms with E-state index in [1.165, 1.54) is 12.3 Å². The Balaban J connectivity index is 2.16. The Hall–Kier alpha value is -1.70. The number of hydrazine groups is 1. The van der Waals surface area contributed by atoms with E-state index >= 15 is 0 Å². The molecule has 2 heterocycles. The number of nitrogens with one attached hydrogen (secondary N) is 2. The number of rotatable bonds is 3. The van der Waals surface area contributed by atoms with Crippen molar-refractivity contribution in [1.29, 1.82) is 0 Å². The van der Waals surface area contributed by atoms with Gasteiger partial charge in [0.1, 0.15) is 5.82 Å². The predicted octanol–water partition coefficient (Wildman–Crippen LogP) is 2.43. The summed E-state index contributed by atoms with van der Waals surface area (Å²) in [5.74, 6) is 5.59. The van der Waals surface area contributed by atoms with Crippen LogP contribution in [0.2, 0.25) is 5.02 Å². The fourth-order valence-electron chi connectivity index (χ4n) is 1.31. The molecule has 2 rings (SSSR count). The molecule has 98 valence electrons. The molecule has 0 aliphatic heterocycles. The highest BCUT2D eigenvalue weighted by Crippen LogP contribution is 2.19. The van der Waals surface area contributed by atoms with Gasteiger partial charge >= 0.3 is 0 Å². The second kappa shape index (κ2) is 5.96. The number of nitrogens with two attached hydrogens (primary N) is 1. The van der Waals surface area contributed by atoms with Crippen LogP contribution in [0.15, 0.2) is 35.1 Å². The van der Waals surface area contributed by atoms with Gasteiger partial charge in [0, 0.05) is 16.9 Å². The summed E-state index contributed by atoms with van der Waals surface area (Å²) in [7, 11) is 0. The van der Waals surface area contributed by atoms with E-state index in [9.17, 15) is 4.79 Å². The minimum Gasteiger partial charge on any atom is -0.307 e. The second-order valence-electron chi connectivity index (χ2n) is 3.51. The third kappa shape index (κ3) is 3.40. The van der Waals surface area contributed by atoms with Gasteiger partial charge < -0.3 is 10.7 Å². The molecule has 4 N–H and O–H groups in total. The maximum absolute atomic E-state index is 11.9. The normalized spacial score (nSPS) is 10.1. The molecule has 0 radical (unpaired) electrons. The number of nitrogen functional groups attached to an aromatic ring is 1. The van der Waals surface area contributed by atoms with E-state index < -0.39 is 0 Å². The van der Waals surface area contributed by atoms with Crippen LogP contribution in [0.5, 0.6) is 0 Å². The number of aromatic nitrogens is 2. The van der Waals surface area contributed by atoms with Gasteiger partial charge in [0.25, 0.3) is 5.91 Å². The molecule has 6 nitrogen and oxygen atoms in total. The molecule has 1 amide bonds. The van der Waals surface area contributed by atoms with Crippen molar-refractivity contribution in [2.75, 3.05) is 10.7 Å². The number of hydrogen-bond donors (Lipinski definition) is 3. The molecule has 0 saturated heterocycles. The van der Waals surface area contributed by atoms with Gasteiger partial charge in [-0.2, -0.15) is 0 Å². The van der Waals surface area contributed by atoms with Gasteiger partial charge in [-0.25, -0.2) is 15.8 Å². The predicted molar refractivity (Wildman–Crippen MR) is 76.9 cm³/mol. The lowest BCUT2D eigenvalue weighted by atomic mass is 10.2. The maximum atomic E-state index is 11.9. The van der Waals surface area contributed by atoms with Crippen LogP contribution < -0.4 is 16.6 Å². The molecule has 19 heavy (non-hydrogen) atoms. The van der Waals surface area contributed by atoms with E-state index in [1.807, 2.05) is 0 Å². The Bertz CT molecular complexity index is 605. The number of carbonyl (C=O) groups is 1. The Morgan fingerprint density at radius 1 is 1.32 bits per heavy atom. The third-order valence-corrected chi connectivity index (χ3v) is 2.97. The standard InChI is InChI=1S/C11H9BrClN5O/c12-7-1-2-9(15-5-7)17-11(19)6-3-8(13)10(18-14)16-4-6/h1-5H,14H2,(H,16,18)(H,15,17,19). The largest absolute Gasteiger partial charge is 0.307 e. The molecule has 8 heteroatoms. The highest BCUT2D eigenvalue weighted by molar-refractivity contribution is 9.10. The molecule has 0 unspecified atom stereocenters. The summed E-state index contributed by atoms with van der Waals surface area (Å²) in [4.78, 5) is 19.9. The van der Waals surface area contributed by atoms with Crippen molar-refractivity contribution < 1.29 is 4.79 Å². The highest BCUT2D eigenvalue weighted by Gasteiger charge is 2.10. The van der Waals surface area contributed by atoms with Gasteiger partial charge in [-0.05, 0) is 34.1 Å². The zero-order valence-electron chi connectivity index (χ0n) is 9.52. The number of anilines is 2. The van der Waals surface area contributed by atoms with Crippen molar-refractivity contribution in [3.05, 3.63) is 45.7 Å². The van der Waals surface area contributed by atoms with Gasteiger partial charge in [0.2, 0.25) is 0 Å². The van der Waals surface area contributed by atoms with Crippen LogP contribution in [0.4, 0.5) is 11.6 Å². The zero-order valence-corrected chi connectivity index (χ0v) is 11.9. The fourth-order valence-corrected chi connectivity index (χ4v) is 1.76. The topological polar surface area (TPSA) is 92.9 Å². The fraction of sp³-hybridized carbons (Fsp3) is 0. The van der Waals surface area contributed by atoms with Gasteiger partial charge in [-0.1, -0.05) is 11.6 Å². The molecule has 0 aliphatic carbocycles. The van der Waals surface area contributed by atoms with E-state index in [-0.39, 0.29) is 10.9 Å². The van der Waals surface area contributed by atoms with Crippen molar-refractivity contribution in [2.24, 2.45) is 5.84 Å². The molecule has 0 atom stereocenters. The molecule has 2 aromatic heterocycles. The lowest BCUT2D eigenvalue weighted by Gasteiger charge is -2.06. The molecular weight excluding hydrogens is 334 g/mol. The summed E-state index contributed by atoms with van der Waals surface area (Å²) >= 11 is 9.15. The average molecular weight is 343 g/mol. The number of halogens is 2. The van der Waals surface area contributed by atoms with Crippen molar-refractivity contribution in [2.45, 2.75) is 0 Å². The van der Waals surface area contributed by atoms with E-state index in [0.29, 0.717) is 17.2 Å². The van der Waals surface area contributed by atoms with E-state index in [0.717, 1.165) is 4.47 Å². The second-order valence-corrected chi connectivity index (χ2v) is 4.84. The van der Waals surface area contributed by atoms with Gasteiger partial charge in [0.15, 0.2) is 5.82 Å². The smallest absolute Gasteiger partial charge is 0.258 e. The highest BCUT2D eigenvalue weighted by atomic mass is 79.9. The lowest BCUT2D eigenvalue weighted by Crippen LogP contribution is -2.14. The lowest BCUT2D eigenvalue weighted by molar-refractivity contribution is 0.102. The first kappa shape index (κ1) is 13.7. The SMILES string of the molecule is NNc1ncc(C(=O)Nc2ccc(Br)cn2)cc1Cl. The van der Waals surface area contributed by atoms with Crippen LogP contribution in [0.1, 0.15) is 10.4 Å². The number of pyridine rings is 2. The van der Waals surface area contributed by atoms with E-state index in [4.69, 9.17) is 17.4 Å². The summed E-state index contributed by atoms with van der Waals surface area (Å²) < 4.78 is 0.827. The van der Waals surface area contributed by atoms with Crippen molar-refractivity contribution >= 4 is 45.1 Å². The number of nitrogens with zero attached hydrogens (tertiary/aromatic N) is 2. The molecule has 0 spiro atoms. The summed E-state index contributed by atoms with van der Waals surface area (Å²) in [6, 6.07) is 4.92. The molecular formula is C11H9BrClN5O. The Kier molecular flexibility index (Phi) is 4.31. The van der Waals surface area contributed by atoms with Crippen LogP contribution in [-0.2, 0) is 0 Å². The van der Waals surface area contributed by atoms with E-state index in [1.54, 1.807) is 18.3 Å². The molecule has 2 aromatic rings. The van der Waals surface area contributed by atoms with Crippen molar-refractivity contribution in [3.8, 4) is 0 Å². The quantitative estimate of drug-likeness (QED) is 0.588. The molecule has 0 fully saturated rings. The van der Waals surface area contributed by atoms with Crippen LogP contribution in [-0.4, -0.2) is 15.9 Å². The first-order valence-corrected chi connectivity index (χ1v) is 6.32. The Labute approximate surface area is 122 Å². The van der Waals surface area contributed by atoms with Gasteiger partial charge in [0.05, 0.1) is 10.6 Å². The number of amides is 1. The molecule has 0 aliphatic rings. The first-order chi connectivity index (χ1) is 9.10. The van der Waals surface area contributed by atoms with Crippen LogP contribution in [0.25, 0.3) is 0 Å². The summed E-state index contributed by atoms with van der Waals surface area (Å²) in [5.41, 5.74) is 2.64. The minimum atomic E-state index is -0.354. The summed E-state index contributed by atoms with van der Waals surface area (Å²) in [5, 5.41) is 2.89. The van der Waals surface area contributed by atoms with Crippen LogP contribution in [0.3, 0.4) is 0 Å². The summed E-state index contributed by atoms with van der Waals surface area (Å²) in [6.45, 7) is 0. The zero-order chi connectivity index (χ0) is 13.8. The molecule has 0 bridgehead atoms. The van der Waals surface area contributed by atoms with Gasteiger partial charge in [-0.15, -0.1) is 0 Å². The van der Waals surface area contributed by atoms with Gasteiger partial charge in [-0.3, -0.25) is 4.79 Å². The Morgan fingerprint density at radius 3 is 2.68 bits per heavy atom. The first-order valence-electron chi connectivity index (χ1n) is 5.15. The van der Waals surface area contributed by atoms with E-state index in [2.05, 4.69) is 36.6 Å². The monoisotopic (exact) mass is 341 g/mol. The average Bonchev–Trinajstić information content (AvgIpc) is 2.41.